The summed E-state index contributed by atoms with van der Waals surface area (Å²) in [5.74, 6) is 0.841. The van der Waals surface area contributed by atoms with Crippen molar-refractivity contribution in [1.29, 1.82) is 0 Å². The van der Waals surface area contributed by atoms with Crippen LogP contribution in [0.15, 0.2) is 79.0 Å². The maximum Gasteiger partial charge on any atom is 0.410 e. The number of carbonyl (C=O) groups is 1. The van der Waals surface area contributed by atoms with Gasteiger partial charge in [0.1, 0.15) is 11.4 Å². The smallest absolute Gasteiger partial charge is 0.410 e. The van der Waals surface area contributed by atoms with E-state index < -0.39 is 5.60 Å². The summed E-state index contributed by atoms with van der Waals surface area (Å²) < 4.78 is 5.67. The third kappa shape index (κ3) is 5.39. The van der Waals surface area contributed by atoms with Gasteiger partial charge in [0, 0.05) is 48.5 Å². The first-order valence-electron chi connectivity index (χ1n) is 13.7. The van der Waals surface area contributed by atoms with Crippen molar-refractivity contribution in [2.75, 3.05) is 29.9 Å². The number of para-hydroxylation sites is 1. The molecule has 2 aromatic carbocycles. The monoisotopic (exact) mass is 521 g/mol. The van der Waals surface area contributed by atoms with Gasteiger partial charge in [0.25, 0.3) is 0 Å². The Bertz CT molecular complexity index is 1480. The Morgan fingerprint density at radius 2 is 1.79 bits per heavy atom. The number of amides is 1. The summed E-state index contributed by atoms with van der Waals surface area (Å²) in [4.78, 5) is 26.7. The number of fused-ring (bicyclic) bond motifs is 3. The van der Waals surface area contributed by atoms with E-state index in [4.69, 9.17) is 9.72 Å². The molecule has 2 bridgehead atoms. The van der Waals surface area contributed by atoms with Crippen LogP contribution in [0.3, 0.4) is 0 Å². The lowest BCUT2D eigenvalue weighted by Gasteiger charge is -2.36. The second-order valence-electron chi connectivity index (χ2n) is 11.5. The molecule has 0 saturated carbocycles. The van der Waals surface area contributed by atoms with Gasteiger partial charge in [-0.15, -0.1) is 0 Å². The van der Waals surface area contributed by atoms with Gasteiger partial charge < -0.3 is 19.9 Å². The Morgan fingerprint density at radius 3 is 2.56 bits per heavy atom. The molecule has 1 N–H and O–H groups in total. The number of pyridine rings is 2. The van der Waals surface area contributed by atoms with E-state index in [1.807, 2.05) is 50.1 Å². The zero-order valence-corrected chi connectivity index (χ0v) is 22.8. The summed E-state index contributed by atoms with van der Waals surface area (Å²) in [6, 6.07) is 25.5. The van der Waals surface area contributed by atoms with E-state index in [-0.39, 0.29) is 18.2 Å². The van der Waals surface area contributed by atoms with Crippen LogP contribution in [0.2, 0.25) is 0 Å². The van der Waals surface area contributed by atoms with Gasteiger partial charge in [0.15, 0.2) is 0 Å². The Hall–Kier alpha value is -4.13. The molecule has 2 aliphatic rings. The number of piperazine rings is 1. The highest BCUT2D eigenvalue weighted by Gasteiger charge is 2.47. The van der Waals surface area contributed by atoms with E-state index in [1.54, 1.807) is 0 Å². The largest absolute Gasteiger partial charge is 0.444 e. The minimum atomic E-state index is -0.491. The maximum atomic E-state index is 12.8. The highest BCUT2D eigenvalue weighted by atomic mass is 16.6. The van der Waals surface area contributed by atoms with Crippen LogP contribution in [0, 0.1) is 0 Å². The summed E-state index contributed by atoms with van der Waals surface area (Å²) in [6.07, 6.45) is 3.52. The van der Waals surface area contributed by atoms with E-state index in [9.17, 15) is 4.79 Å². The zero-order valence-electron chi connectivity index (χ0n) is 22.8. The van der Waals surface area contributed by atoms with Crippen LogP contribution in [-0.4, -0.2) is 58.3 Å². The fourth-order valence-electron chi connectivity index (χ4n) is 5.71. The summed E-state index contributed by atoms with van der Waals surface area (Å²) in [5, 5.41) is 4.60. The molecule has 4 heterocycles. The first-order chi connectivity index (χ1) is 18.8. The summed E-state index contributed by atoms with van der Waals surface area (Å²) >= 11 is 0. The SMILES string of the molecule is CC(C)(C)OC(=O)N1CC2CC1CN2c1cc(-c2ccnc(NCCc3ccccc3)c2)nc2ccccc12. The van der Waals surface area contributed by atoms with Gasteiger partial charge >= 0.3 is 6.09 Å². The first-order valence-corrected chi connectivity index (χ1v) is 13.7. The molecule has 2 aromatic heterocycles. The van der Waals surface area contributed by atoms with Gasteiger partial charge in [-0.3, -0.25) is 0 Å². The van der Waals surface area contributed by atoms with Crippen LogP contribution in [0.5, 0.6) is 0 Å². The molecule has 7 nitrogen and oxygen atoms in total. The second kappa shape index (κ2) is 10.2. The van der Waals surface area contributed by atoms with Crippen molar-refractivity contribution in [2.45, 2.75) is 51.3 Å². The van der Waals surface area contributed by atoms with Crippen LogP contribution >= 0.6 is 0 Å². The third-order valence-electron chi connectivity index (χ3n) is 7.49. The predicted molar refractivity (Wildman–Crippen MR) is 156 cm³/mol. The van der Waals surface area contributed by atoms with E-state index in [2.05, 4.69) is 69.8 Å². The number of aromatic nitrogens is 2. The van der Waals surface area contributed by atoms with Crippen molar-refractivity contribution in [3.05, 3.63) is 84.6 Å². The van der Waals surface area contributed by atoms with Crippen molar-refractivity contribution in [3.8, 4) is 11.3 Å². The van der Waals surface area contributed by atoms with Crippen molar-refractivity contribution < 1.29 is 9.53 Å². The van der Waals surface area contributed by atoms with Gasteiger partial charge in [-0.1, -0.05) is 48.5 Å². The normalized spacial score (nSPS) is 18.5. The Balaban J connectivity index is 1.24. The number of ether oxygens (including phenoxy) is 1. The lowest BCUT2D eigenvalue weighted by molar-refractivity contribution is 0.0215. The molecule has 0 aliphatic carbocycles. The minimum Gasteiger partial charge on any atom is -0.444 e. The van der Waals surface area contributed by atoms with Crippen LogP contribution in [0.1, 0.15) is 32.8 Å². The summed E-state index contributed by atoms with van der Waals surface area (Å²) in [6.45, 7) is 8.02. The van der Waals surface area contributed by atoms with Gasteiger partial charge in [-0.05, 0) is 63.4 Å². The van der Waals surface area contributed by atoms with Crippen molar-refractivity contribution in [2.24, 2.45) is 0 Å². The molecule has 1 amide bonds. The molecule has 6 rings (SSSR count). The van der Waals surface area contributed by atoms with Crippen LogP contribution in [0.25, 0.3) is 22.2 Å². The molecule has 7 heteroatoms. The number of nitrogens with zero attached hydrogens (tertiary/aromatic N) is 4. The van der Waals surface area contributed by atoms with Gasteiger partial charge in [0.05, 0.1) is 17.3 Å². The molecule has 39 heavy (non-hydrogen) atoms. The van der Waals surface area contributed by atoms with Gasteiger partial charge in [0.2, 0.25) is 0 Å². The van der Waals surface area contributed by atoms with E-state index in [0.717, 1.165) is 53.9 Å². The minimum absolute atomic E-state index is 0.154. The van der Waals surface area contributed by atoms with Gasteiger partial charge in [-0.25, -0.2) is 14.8 Å². The summed E-state index contributed by atoms with van der Waals surface area (Å²) in [7, 11) is 0. The molecule has 0 radical (unpaired) electrons. The average molecular weight is 522 g/mol. The van der Waals surface area contributed by atoms with Gasteiger partial charge in [-0.2, -0.15) is 0 Å². The van der Waals surface area contributed by atoms with Crippen molar-refractivity contribution >= 4 is 28.5 Å². The standard InChI is InChI=1S/C32H35N5O2/c1-32(2,3)39-31(38)37-21-24-18-25(37)20-36(24)29-19-28(35-27-12-8-7-11-26(27)29)23-14-16-34-30(17-23)33-15-13-22-9-5-4-6-10-22/h4-12,14,16-17,19,24-25H,13,15,18,20-21H2,1-3H3,(H,33,34). The number of carbonyl (C=O) groups excluding carboxylic acids is 1. The lowest BCUT2D eigenvalue weighted by atomic mass is 10.1. The summed E-state index contributed by atoms with van der Waals surface area (Å²) in [5.41, 5.74) is 4.89. The van der Waals surface area contributed by atoms with Crippen LogP contribution < -0.4 is 10.2 Å². The molecular weight excluding hydrogens is 486 g/mol. The maximum absolute atomic E-state index is 12.8. The van der Waals surface area contributed by atoms with Crippen molar-refractivity contribution in [1.82, 2.24) is 14.9 Å². The quantitative estimate of drug-likeness (QED) is 0.328. The predicted octanol–water partition coefficient (Wildman–Crippen LogP) is 6.15. The number of nitrogens with one attached hydrogen (secondary N) is 1. The number of hydrogen-bond donors (Lipinski definition) is 1. The molecule has 2 fully saturated rings. The number of anilines is 2. The average Bonchev–Trinajstić information content (AvgIpc) is 3.54. The molecule has 2 saturated heterocycles. The fraction of sp³-hybridized carbons (Fsp3) is 0.344. The van der Waals surface area contributed by atoms with E-state index >= 15 is 0 Å². The number of benzene rings is 2. The molecule has 2 unspecified atom stereocenters. The molecular formula is C32H35N5O2. The Kier molecular flexibility index (Phi) is 6.59. The number of likely N-dealkylation sites (tertiary alicyclic amines) is 1. The number of rotatable bonds is 6. The van der Waals surface area contributed by atoms with E-state index in [0.29, 0.717) is 6.54 Å². The zero-order chi connectivity index (χ0) is 27.0. The van der Waals surface area contributed by atoms with Crippen LogP contribution in [-0.2, 0) is 11.2 Å². The Labute approximate surface area is 229 Å². The molecule has 2 atom stereocenters. The van der Waals surface area contributed by atoms with Crippen LogP contribution in [0.4, 0.5) is 16.3 Å². The van der Waals surface area contributed by atoms with E-state index in [1.165, 1.54) is 11.3 Å². The first kappa shape index (κ1) is 25.2. The topological polar surface area (TPSA) is 70.6 Å². The molecule has 2 aliphatic heterocycles. The number of hydrogen-bond acceptors (Lipinski definition) is 6. The highest BCUT2D eigenvalue weighted by Crippen LogP contribution is 2.40. The van der Waals surface area contributed by atoms with Crippen molar-refractivity contribution in [3.63, 3.8) is 0 Å². The molecule has 0 spiro atoms. The fourth-order valence-corrected chi connectivity index (χ4v) is 5.71. The third-order valence-corrected chi connectivity index (χ3v) is 7.49. The molecule has 4 aromatic rings. The molecule has 200 valence electrons. The highest BCUT2D eigenvalue weighted by molar-refractivity contribution is 5.95. The Morgan fingerprint density at radius 1 is 1.00 bits per heavy atom. The lowest BCUT2D eigenvalue weighted by Crippen LogP contribution is -2.50. The second-order valence-corrected chi connectivity index (χ2v) is 11.5.